The van der Waals surface area contributed by atoms with Crippen LogP contribution in [-0.4, -0.2) is 48.1 Å². The van der Waals surface area contributed by atoms with Gasteiger partial charge in [-0.25, -0.2) is 4.79 Å². The zero-order chi connectivity index (χ0) is 20.9. The van der Waals surface area contributed by atoms with E-state index in [2.05, 4.69) is 15.5 Å². The Morgan fingerprint density at radius 2 is 1.47 bits per heavy atom. The van der Waals surface area contributed by atoms with Crippen molar-refractivity contribution < 1.29 is 19.1 Å². The molecule has 154 valence electrons. The van der Waals surface area contributed by atoms with E-state index < -0.39 is 0 Å². The predicted molar refractivity (Wildman–Crippen MR) is 114 cm³/mol. The van der Waals surface area contributed by atoms with Crippen molar-refractivity contribution in [3.8, 4) is 5.75 Å². The number of piperazine rings is 1. The number of hydrogen-bond donors (Lipinski definition) is 3. The van der Waals surface area contributed by atoms with Gasteiger partial charge in [0, 0.05) is 43.2 Å². The lowest BCUT2D eigenvalue weighted by Gasteiger charge is -2.36. The smallest absolute Gasteiger partial charge is 0.321 e. The monoisotopic (exact) mass is 406 g/mol. The third kappa shape index (κ3) is 4.54. The Hall–Kier alpha value is -3.94. The first-order valence-electron chi connectivity index (χ1n) is 9.63. The second-order valence-electron chi connectivity index (χ2n) is 6.93. The maximum atomic E-state index is 12.6. The van der Waals surface area contributed by atoms with Gasteiger partial charge >= 0.3 is 6.03 Å². The molecular formula is C22H22N4O4. The molecule has 0 aliphatic carbocycles. The first kappa shape index (κ1) is 19.4. The van der Waals surface area contributed by atoms with E-state index in [4.69, 9.17) is 4.42 Å². The highest BCUT2D eigenvalue weighted by molar-refractivity contribution is 6.02. The molecule has 30 heavy (non-hydrogen) atoms. The molecule has 4 rings (SSSR count). The highest BCUT2D eigenvalue weighted by atomic mass is 16.3. The fourth-order valence-corrected chi connectivity index (χ4v) is 3.27. The van der Waals surface area contributed by atoms with Gasteiger partial charge in [0.2, 0.25) is 0 Å². The van der Waals surface area contributed by atoms with E-state index in [0.717, 1.165) is 18.8 Å². The maximum Gasteiger partial charge on any atom is 0.321 e. The molecule has 8 heteroatoms. The Kier molecular flexibility index (Phi) is 5.56. The van der Waals surface area contributed by atoms with Crippen molar-refractivity contribution in [2.45, 2.75) is 0 Å². The molecule has 1 aliphatic heterocycles. The highest BCUT2D eigenvalue weighted by Gasteiger charge is 2.21. The molecule has 3 N–H and O–H groups in total. The van der Waals surface area contributed by atoms with Crippen molar-refractivity contribution in [3.05, 3.63) is 72.7 Å². The molecule has 1 aliphatic rings. The van der Waals surface area contributed by atoms with Crippen LogP contribution in [0.15, 0.2) is 71.3 Å². The minimum Gasteiger partial charge on any atom is -0.508 e. The van der Waals surface area contributed by atoms with Gasteiger partial charge in [-0.15, -0.1) is 0 Å². The van der Waals surface area contributed by atoms with Crippen LogP contribution in [0.3, 0.4) is 0 Å². The molecule has 0 atom stereocenters. The van der Waals surface area contributed by atoms with Crippen molar-refractivity contribution >= 4 is 29.0 Å². The van der Waals surface area contributed by atoms with Crippen molar-refractivity contribution in [1.82, 2.24) is 4.90 Å². The lowest BCUT2D eigenvalue weighted by atomic mass is 10.2. The number of phenols is 1. The topological polar surface area (TPSA) is 98.1 Å². The summed E-state index contributed by atoms with van der Waals surface area (Å²) in [6.45, 7) is 2.64. The van der Waals surface area contributed by atoms with E-state index >= 15 is 0 Å². The van der Waals surface area contributed by atoms with Gasteiger partial charge in [0.25, 0.3) is 5.91 Å². The minimum atomic E-state index is -0.330. The molecule has 0 saturated carbocycles. The first-order valence-corrected chi connectivity index (χ1v) is 9.63. The van der Waals surface area contributed by atoms with Gasteiger partial charge in [0.15, 0.2) is 5.76 Å². The summed E-state index contributed by atoms with van der Waals surface area (Å²) in [6.07, 6.45) is 1.44. The van der Waals surface area contributed by atoms with E-state index in [0.29, 0.717) is 24.5 Å². The van der Waals surface area contributed by atoms with Crippen LogP contribution in [0.5, 0.6) is 5.75 Å². The summed E-state index contributed by atoms with van der Waals surface area (Å²) in [7, 11) is 0. The number of rotatable bonds is 4. The summed E-state index contributed by atoms with van der Waals surface area (Å²) < 4.78 is 5.06. The molecule has 2 heterocycles. The Balaban J connectivity index is 1.28. The van der Waals surface area contributed by atoms with Gasteiger partial charge in [-0.3, -0.25) is 4.79 Å². The van der Waals surface area contributed by atoms with Crippen LogP contribution in [0.1, 0.15) is 10.6 Å². The summed E-state index contributed by atoms with van der Waals surface area (Å²) in [5.41, 5.74) is 2.29. The van der Waals surface area contributed by atoms with Gasteiger partial charge in [-0.1, -0.05) is 0 Å². The van der Waals surface area contributed by atoms with E-state index in [1.807, 2.05) is 12.1 Å². The molecular weight excluding hydrogens is 384 g/mol. The number of carbonyl (C=O) groups is 2. The summed E-state index contributed by atoms with van der Waals surface area (Å²) >= 11 is 0. The number of nitrogens with zero attached hydrogens (tertiary/aromatic N) is 2. The molecule has 0 radical (unpaired) electrons. The quantitative estimate of drug-likeness (QED) is 0.615. The Morgan fingerprint density at radius 1 is 0.833 bits per heavy atom. The van der Waals surface area contributed by atoms with Gasteiger partial charge in [-0.2, -0.15) is 0 Å². The Bertz CT molecular complexity index is 993. The van der Waals surface area contributed by atoms with Crippen LogP contribution in [0.4, 0.5) is 21.9 Å². The van der Waals surface area contributed by atoms with Crippen LogP contribution in [0, 0.1) is 0 Å². The average molecular weight is 406 g/mol. The van der Waals surface area contributed by atoms with Crippen molar-refractivity contribution in [2.75, 3.05) is 41.7 Å². The van der Waals surface area contributed by atoms with Gasteiger partial charge < -0.3 is 30.0 Å². The highest BCUT2D eigenvalue weighted by Crippen LogP contribution is 2.20. The number of amides is 3. The fraction of sp³-hybridized carbons (Fsp3) is 0.182. The van der Waals surface area contributed by atoms with Crippen LogP contribution >= 0.6 is 0 Å². The normalized spacial score (nSPS) is 13.7. The number of phenolic OH excluding ortho intramolecular Hbond substituents is 1. The van der Waals surface area contributed by atoms with Crippen molar-refractivity contribution in [3.63, 3.8) is 0 Å². The van der Waals surface area contributed by atoms with Crippen molar-refractivity contribution in [1.29, 1.82) is 0 Å². The molecule has 8 nitrogen and oxygen atoms in total. The molecule has 0 unspecified atom stereocenters. The second-order valence-corrected chi connectivity index (χ2v) is 6.93. The molecule has 1 aromatic heterocycles. The third-order valence-corrected chi connectivity index (χ3v) is 4.92. The third-order valence-electron chi connectivity index (χ3n) is 4.92. The zero-order valence-electron chi connectivity index (χ0n) is 16.2. The molecule has 0 bridgehead atoms. The zero-order valence-corrected chi connectivity index (χ0v) is 16.2. The van der Waals surface area contributed by atoms with E-state index in [-0.39, 0.29) is 23.4 Å². The van der Waals surface area contributed by atoms with E-state index in [1.165, 1.54) is 6.26 Å². The molecule has 1 fully saturated rings. The van der Waals surface area contributed by atoms with Gasteiger partial charge in [-0.05, 0) is 60.7 Å². The van der Waals surface area contributed by atoms with E-state index in [1.54, 1.807) is 53.4 Å². The fourth-order valence-electron chi connectivity index (χ4n) is 3.27. The van der Waals surface area contributed by atoms with Crippen LogP contribution < -0.4 is 15.5 Å². The van der Waals surface area contributed by atoms with Crippen LogP contribution in [0.2, 0.25) is 0 Å². The number of carbonyl (C=O) groups excluding carboxylic acids is 2. The number of hydrogen-bond acceptors (Lipinski definition) is 5. The summed E-state index contributed by atoms with van der Waals surface area (Å²) in [5.74, 6) is 0.144. The Morgan fingerprint density at radius 3 is 2.07 bits per heavy atom. The molecule has 2 aromatic carbocycles. The summed E-state index contributed by atoms with van der Waals surface area (Å²) in [5, 5.41) is 15.0. The number of aromatic hydroxyl groups is 1. The van der Waals surface area contributed by atoms with Gasteiger partial charge in [0.05, 0.1) is 6.26 Å². The lowest BCUT2D eigenvalue weighted by molar-refractivity contribution is 0.0996. The molecule has 1 saturated heterocycles. The van der Waals surface area contributed by atoms with Crippen LogP contribution in [-0.2, 0) is 0 Å². The largest absolute Gasteiger partial charge is 0.508 e. The summed E-state index contributed by atoms with van der Waals surface area (Å²) in [6, 6.07) is 17.1. The Labute approximate surface area is 173 Å². The summed E-state index contributed by atoms with van der Waals surface area (Å²) in [4.78, 5) is 28.5. The molecule has 3 aromatic rings. The predicted octanol–water partition coefficient (Wildman–Crippen LogP) is 3.59. The van der Waals surface area contributed by atoms with Crippen LogP contribution in [0.25, 0.3) is 0 Å². The van der Waals surface area contributed by atoms with Crippen molar-refractivity contribution in [2.24, 2.45) is 0 Å². The minimum absolute atomic E-state index is 0.160. The number of furan rings is 1. The second kappa shape index (κ2) is 8.60. The molecule has 3 amide bonds. The SMILES string of the molecule is O=C(Nc1ccc(NC(=O)N2CCN(c3ccc(O)cc3)CC2)cc1)c1ccco1. The first-order chi connectivity index (χ1) is 14.6. The average Bonchev–Trinajstić information content (AvgIpc) is 3.31. The number of benzene rings is 2. The van der Waals surface area contributed by atoms with Gasteiger partial charge in [0.1, 0.15) is 5.75 Å². The standard InChI is InChI=1S/C22H22N4O4/c27-19-9-7-18(8-10-19)25-11-13-26(14-12-25)22(29)24-17-5-3-16(4-6-17)23-21(28)20-2-1-15-30-20/h1-10,15,27H,11-14H2,(H,23,28)(H,24,29). The number of urea groups is 1. The molecule has 0 spiro atoms. The lowest BCUT2D eigenvalue weighted by Crippen LogP contribution is -2.50. The van der Waals surface area contributed by atoms with E-state index in [9.17, 15) is 14.7 Å². The maximum absolute atomic E-state index is 12.6. The number of nitrogens with one attached hydrogen (secondary N) is 2. The number of anilines is 3.